The van der Waals surface area contributed by atoms with Crippen molar-refractivity contribution in [2.24, 2.45) is 0 Å². The van der Waals surface area contributed by atoms with Crippen LogP contribution in [0.1, 0.15) is 12.0 Å². The Labute approximate surface area is 160 Å². The fraction of sp³-hybridized carbons (Fsp3) is 0.273. The van der Waals surface area contributed by atoms with Gasteiger partial charge in [0.15, 0.2) is 0 Å². The van der Waals surface area contributed by atoms with Crippen molar-refractivity contribution in [3.63, 3.8) is 0 Å². The molecule has 0 aliphatic heterocycles. The quantitative estimate of drug-likeness (QED) is 0.663. The molecule has 3 aromatic rings. The van der Waals surface area contributed by atoms with E-state index in [0.29, 0.717) is 6.42 Å². The van der Waals surface area contributed by atoms with Gasteiger partial charge in [0.2, 0.25) is 0 Å². The first-order valence-electron chi connectivity index (χ1n) is 9.06. The van der Waals surface area contributed by atoms with Gasteiger partial charge >= 0.3 is 0 Å². The molecule has 5 heteroatoms. The van der Waals surface area contributed by atoms with Gasteiger partial charge in [-0.05, 0) is 60.9 Å². The smallest absolute Gasteiger partial charge is 0.128 e. The Morgan fingerprint density at radius 3 is 2.56 bits per heavy atom. The molecule has 0 aliphatic rings. The SMILES string of the molecule is CN(C)c1cccc(-c2ccc(OC[C@H](O)CCc3cccnc3)cc2)n1. The van der Waals surface area contributed by atoms with Gasteiger partial charge in [-0.3, -0.25) is 4.98 Å². The summed E-state index contributed by atoms with van der Waals surface area (Å²) in [5, 5.41) is 10.1. The monoisotopic (exact) mass is 363 g/mol. The Kier molecular flexibility index (Phi) is 6.39. The lowest BCUT2D eigenvalue weighted by atomic mass is 10.1. The molecular formula is C22H25N3O2. The average Bonchev–Trinajstić information content (AvgIpc) is 2.72. The molecule has 0 amide bonds. The van der Waals surface area contributed by atoms with E-state index in [9.17, 15) is 5.11 Å². The van der Waals surface area contributed by atoms with Gasteiger partial charge in [0.25, 0.3) is 0 Å². The molecule has 0 saturated carbocycles. The van der Waals surface area contributed by atoms with Crippen molar-refractivity contribution in [3.05, 3.63) is 72.6 Å². The van der Waals surface area contributed by atoms with Crippen molar-refractivity contribution < 1.29 is 9.84 Å². The molecule has 1 atom stereocenters. The second-order valence-electron chi connectivity index (χ2n) is 6.66. The van der Waals surface area contributed by atoms with Gasteiger partial charge < -0.3 is 14.7 Å². The number of aromatic nitrogens is 2. The summed E-state index contributed by atoms with van der Waals surface area (Å²) in [5.41, 5.74) is 3.07. The molecule has 1 N–H and O–H groups in total. The van der Waals surface area contributed by atoms with E-state index in [2.05, 4.69) is 9.97 Å². The lowest BCUT2D eigenvalue weighted by molar-refractivity contribution is 0.100. The molecule has 0 spiro atoms. The Bertz CT molecular complexity index is 836. The Morgan fingerprint density at radius 2 is 1.85 bits per heavy atom. The first-order valence-corrected chi connectivity index (χ1v) is 9.06. The average molecular weight is 363 g/mol. The number of pyridine rings is 2. The van der Waals surface area contributed by atoms with Crippen molar-refractivity contribution in [2.75, 3.05) is 25.6 Å². The second kappa shape index (κ2) is 9.14. The minimum Gasteiger partial charge on any atom is -0.491 e. The van der Waals surface area contributed by atoms with Gasteiger partial charge in [-0.1, -0.05) is 12.1 Å². The van der Waals surface area contributed by atoms with Crippen molar-refractivity contribution in [2.45, 2.75) is 18.9 Å². The van der Waals surface area contributed by atoms with Crippen LogP contribution in [0.2, 0.25) is 0 Å². The number of aliphatic hydroxyl groups excluding tert-OH is 1. The Morgan fingerprint density at radius 1 is 1.04 bits per heavy atom. The highest BCUT2D eigenvalue weighted by Gasteiger charge is 2.07. The number of anilines is 1. The number of nitrogens with zero attached hydrogens (tertiary/aromatic N) is 3. The van der Waals surface area contributed by atoms with E-state index in [-0.39, 0.29) is 6.61 Å². The molecule has 2 aromatic heterocycles. The number of aliphatic hydroxyl groups is 1. The van der Waals surface area contributed by atoms with Crippen LogP contribution in [0.25, 0.3) is 11.3 Å². The predicted octanol–water partition coefficient (Wildman–Crippen LogP) is 3.58. The summed E-state index contributed by atoms with van der Waals surface area (Å²) in [6.07, 6.45) is 4.49. The second-order valence-corrected chi connectivity index (χ2v) is 6.66. The van der Waals surface area contributed by atoms with Crippen molar-refractivity contribution in [3.8, 4) is 17.0 Å². The molecule has 0 bridgehead atoms. The summed E-state index contributed by atoms with van der Waals surface area (Å²) >= 11 is 0. The molecule has 0 aliphatic carbocycles. The van der Waals surface area contributed by atoms with E-state index < -0.39 is 6.10 Å². The summed E-state index contributed by atoms with van der Waals surface area (Å²) in [7, 11) is 3.95. The largest absolute Gasteiger partial charge is 0.491 e. The zero-order chi connectivity index (χ0) is 19.1. The third-order valence-electron chi connectivity index (χ3n) is 4.27. The third-order valence-corrected chi connectivity index (χ3v) is 4.27. The van der Waals surface area contributed by atoms with Gasteiger partial charge in [-0.2, -0.15) is 0 Å². The molecule has 0 radical (unpaired) electrons. The van der Waals surface area contributed by atoms with E-state index >= 15 is 0 Å². The fourth-order valence-corrected chi connectivity index (χ4v) is 2.71. The maximum Gasteiger partial charge on any atom is 0.128 e. The number of rotatable bonds is 8. The van der Waals surface area contributed by atoms with Gasteiger partial charge in [0, 0.05) is 32.1 Å². The van der Waals surface area contributed by atoms with Gasteiger partial charge in [0.1, 0.15) is 18.2 Å². The first kappa shape index (κ1) is 18.9. The number of benzene rings is 1. The van der Waals surface area contributed by atoms with E-state index in [0.717, 1.165) is 34.8 Å². The van der Waals surface area contributed by atoms with Crippen LogP contribution in [-0.2, 0) is 6.42 Å². The minimum atomic E-state index is -0.511. The standard InChI is InChI=1S/C22H25N3O2/c1-25(2)22-7-3-6-21(24-22)18-9-12-20(13-10-18)27-16-19(26)11-8-17-5-4-14-23-15-17/h3-7,9-10,12-15,19,26H,8,11,16H2,1-2H3/t19-/m1/s1. The van der Waals surface area contributed by atoms with E-state index in [1.54, 1.807) is 6.20 Å². The van der Waals surface area contributed by atoms with Crippen LogP contribution in [-0.4, -0.2) is 41.9 Å². The Balaban J connectivity index is 1.52. The zero-order valence-corrected chi connectivity index (χ0v) is 15.7. The molecule has 0 unspecified atom stereocenters. The highest BCUT2D eigenvalue weighted by atomic mass is 16.5. The van der Waals surface area contributed by atoms with Crippen molar-refractivity contribution >= 4 is 5.82 Å². The maximum absolute atomic E-state index is 10.1. The highest BCUT2D eigenvalue weighted by Crippen LogP contribution is 2.23. The number of aryl methyl sites for hydroxylation is 1. The normalized spacial score (nSPS) is 11.8. The molecule has 3 rings (SSSR count). The first-order chi connectivity index (χ1) is 13.1. The van der Waals surface area contributed by atoms with E-state index in [1.807, 2.05) is 79.8 Å². The van der Waals surface area contributed by atoms with Crippen LogP contribution in [0, 0.1) is 0 Å². The molecule has 0 saturated heterocycles. The zero-order valence-electron chi connectivity index (χ0n) is 15.7. The summed E-state index contributed by atoms with van der Waals surface area (Å²) in [6, 6.07) is 17.7. The van der Waals surface area contributed by atoms with Gasteiger partial charge in [-0.15, -0.1) is 0 Å². The lowest BCUT2D eigenvalue weighted by Crippen LogP contribution is -2.18. The van der Waals surface area contributed by atoms with Gasteiger partial charge in [0.05, 0.1) is 11.8 Å². The summed E-state index contributed by atoms with van der Waals surface area (Å²) in [5.74, 6) is 1.66. The highest BCUT2D eigenvalue weighted by molar-refractivity contribution is 5.62. The van der Waals surface area contributed by atoms with Crippen molar-refractivity contribution in [1.29, 1.82) is 0 Å². The molecule has 2 heterocycles. The molecule has 5 nitrogen and oxygen atoms in total. The van der Waals surface area contributed by atoms with E-state index in [1.165, 1.54) is 0 Å². The number of hydrogen-bond acceptors (Lipinski definition) is 5. The maximum atomic E-state index is 10.1. The predicted molar refractivity (Wildman–Crippen MR) is 108 cm³/mol. The molecule has 0 fully saturated rings. The van der Waals surface area contributed by atoms with Crippen LogP contribution in [0.15, 0.2) is 67.0 Å². The van der Waals surface area contributed by atoms with Crippen LogP contribution in [0.5, 0.6) is 5.75 Å². The van der Waals surface area contributed by atoms with Gasteiger partial charge in [-0.25, -0.2) is 4.98 Å². The Hall–Kier alpha value is -2.92. The number of hydrogen-bond donors (Lipinski definition) is 1. The summed E-state index contributed by atoms with van der Waals surface area (Å²) in [6.45, 7) is 0.272. The van der Waals surface area contributed by atoms with Crippen LogP contribution in [0.3, 0.4) is 0 Å². The summed E-state index contributed by atoms with van der Waals surface area (Å²) in [4.78, 5) is 10.7. The molecule has 140 valence electrons. The summed E-state index contributed by atoms with van der Waals surface area (Å²) < 4.78 is 5.71. The van der Waals surface area contributed by atoms with Crippen LogP contribution < -0.4 is 9.64 Å². The van der Waals surface area contributed by atoms with E-state index in [4.69, 9.17) is 4.74 Å². The van der Waals surface area contributed by atoms with Crippen LogP contribution in [0.4, 0.5) is 5.82 Å². The fourth-order valence-electron chi connectivity index (χ4n) is 2.71. The minimum absolute atomic E-state index is 0.272. The van der Waals surface area contributed by atoms with Crippen LogP contribution >= 0.6 is 0 Å². The molecular weight excluding hydrogens is 338 g/mol. The molecule has 27 heavy (non-hydrogen) atoms. The number of ether oxygens (including phenoxy) is 1. The van der Waals surface area contributed by atoms with Crippen molar-refractivity contribution in [1.82, 2.24) is 9.97 Å². The topological polar surface area (TPSA) is 58.5 Å². The lowest BCUT2D eigenvalue weighted by Gasteiger charge is -2.14. The third kappa shape index (κ3) is 5.53. The molecule has 1 aromatic carbocycles.